The van der Waals surface area contributed by atoms with Crippen molar-refractivity contribution in [2.24, 2.45) is 0 Å². The van der Waals surface area contributed by atoms with Crippen molar-refractivity contribution in [1.29, 1.82) is 0 Å². The highest BCUT2D eigenvalue weighted by molar-refractivity contribution is 5.79. The van der Waals surface area contributed by atoms with E-state index in [0.29, 0.717) is 13.2 Å². The minimum absolute atomic E-state index is 0.189. The van der Waals surface area contributed by atoms with E-state index in [9.17, 15) is 0 Å². The second-order valence-electron chi connectivity index (χ2n) is 7.09. The van der Waals surface area contributed by atoms with Crippen molar-refractivity contribution < 1.29 is 9.47 Å². The maximum absolute atomic E-state index is 5.79. The molecule has 1 unspecified atom stereocenters. The molecule has 5 rings (SSSR count). The summed E-state index contributed by atoms with van der Waals surface area (Å²) < 4.78 is 13.5. The number of benzene rings is 2. The number of aromatic nitrogens is 3. The fraction of sp³-hybridized carbons (Fsp3) is 0.273. The van der Waals surface area contributed by atoms with Crippen LogP contribution in [0.4, 0.5) is 0 Å². The number of nitrogens with zero attached hydrogens (tertiary/aromatic N) is 3. The van der Waals surface area contributed by atoms with Gasteiger partial charge in [-0.2, -0.15) is 0 Å². The third-order valence-electron chi connectivity index (χ3n) is 5.23. The molecule has 1 aliphatic heterocycles. The van der Waals surface area contributed by atoms with Crippen LogP contribution in [0.15, 0.2) is 54.7 Å². The van der Waals surface area contributed by atoms with E-state index in [0.717, 1.165) is 46.6 Å². The Morgan fingerprint density at radius 3 is 3.04 bits per heavy atom. The summed E-state index contributed by atoms with van der Waals surface area (Å²) in [6.07, 6.45) is 1.94. The Balaban J connectivity index is 1.35. The van der Waals surface area contributed by atoms with Crippen LogP contribution in [0.5, 0.6) is 5.75 Å². The molecule has 0 radical (unpaired) electrons. The Bertz CT molecular complexity index is 1140. The quantitative estimate of drug-likeness (QED) is 0.580. The molecule has 6 heteroatoms. The van der Waals surface area contributed by atoms with Crippen LogP contribution in [0.2, 0.25) is 0 Å². The van der Waals surface area contributed by atoms with E-state index in [2.05, 4.69) is 33.1 Å². The van der Waals surface area contributed by atoms with E-state index in [-0.39, 0.29) is 6.04 Å². The van der Waals surface area contributed by atoms with Crippen LogP contribution >= 0.6 is 0 Å². The van der Waals surface area contributed by atoms with E-state index in [1.165, 1.54) is 5.56 Å². The first kappa shape index (κ1) is 17.2. The number of methoxy groups -OCH3 is 1. The summed E-state index contributed by atoms with van der Waals surface area (Å²) in [5, 5.41) is 4.72. The van der Waals surface area contributed by atoms with Crippen molar-refractivity contribution in [2.45, 2.75) is 19.2 Å². The summed E-state index contributed by atoms with van der Waals surface area (Å²) in [4.78, 5) is 9.26. The van der Waals surface area contributed by atoms with Gasteiger partial charge in [0.2, 0.25) is 0 Å². The molecule has 0 saturated carbocycles. The zero-order valence-electron chi connectivity index (χ0n) is 15.8. The number of para-hydroxylation sites is 1. The molecule has 0 amide bonds. The first-order chi connectivity index (χ1) is 13.8. The lowest BCUT2D eigenvalue weighted by Crippen LogP contribution is -2.32. The van der Waals surface area contributed by atoms with Gasteiger partial charge in [-0.3, -0.25) is 4.98 Å². The molecule has 142 valence electrons. The molecule has 0 bridgehead atoms. The molecular weight excluding hydrogens is 352 g/mol. The van der Waals surface area contributed by atoms with Gasteiger partial charge in [0.25, 0.3) is 0 Å². The highest BCUT2D eigenvalue weighted by atomic mass is 16.5. The molecule has 0 fully saturated rings. The Kier molecular flexibility index (Phi) is 4.43. The standard InChI is InChI=1S/C22H22N4O2/c1-27-18-6-7-20-21(9-18)26-17(13-28-14-22(26)25-20)12-23-10-15-8-16-4-2-3-5-19(16)24-11-15/h2-9,11,17,23H,10,12-14H2,1H3. The Labute approximate surface area is 163 Å². The lowest BCUT2D eigenvalue weighted by Gasteiger charge is -2.26. The minimum atomic E-state index is 0.189. The average Bonchev–Trinajstić information content (AvgIpc) is 3.12. The smallest absolute Gasteiger partial charge is 0.136 e. The number of imidazole rings is 1. The maximum Gasteiger partial charge on any atom is 0.136 e. The van der Waals surface area contributed by atoms with Gasteiger partial charge in [-0.25, -0.2) is 4.98 Å². The molecule has 3 heterocycles. The van der Waals surface area contributed by atoms with E-state index >= 15 is 0 Å². The summed E-state index contributed by atoms with van der Waals surface area (Å²) in [7, 11) is 1.69. The lowest BCUT2D eigenvalue weighted by atomic mass is 10.1. The van der Waals surface area contributed by atoms with Gasteiger partial charge in [-0.05, 0) is 29.8 Å². The van der Waals surface area contributed by atoms with Gasteiger partial charge >= 0.3 is 0 Å². The van der Waals surface area contributed by atoms with Crippen molar-refractivity contribution in [1.82, 2.24) is 19.9 Å². The second-order valence-corrected chi connectivity index (χ2v) is 7.09. The molecule has 6 nitrogen and oxygen atoms in total. The molecule has 2 aromatic carbocycles. The largest absolute Gasteiger partial charge is 0.497 e. The Morgan fingerprint density at radius 2 is 2.11 bits per heavy atom. The molecule has 1 atom stereocenters. The monoisotopic (exact) mass is 374 g/mol. The Hall–Kier alpha value is -2.96. The van der Waals surface area contributed by atoms with Gasteiger partial charge in [0, 0.05) is 30.7 Å². The van der Waals surface area contributed by atoms with E-state index in [1.807, 2.05) is 36.5 Å². The van der Waals surface area contributed by atoms with Gasteiger partial charge in [-0.1, -0.05) is 18.2 Å². The zero-order chi connectivity index (χ0) is 18.9. The van der Waals surface area contributed by atoms with E-state index in [4.69, 9.17) is 14.5 Å². The number of hydrogen-bond donors (Lipinski definition) is 1. The summed E-state index contributed by atoms with van der Waals surface area (Å²) in [6.45, 7) is 2.77. The topological polar surface area (TPSA) is 61.2 Å². The summed E-state index contributed by atoms with van der Waals surface area (Å²) in [5.74, 6) is 1.81. The third kappa shape index (κ3) is 3.10. The van der Waals surface area contributed by atoms with Crippen LogP contribution in [-0.2, 0) is 17.9 Å². The van der Waals surface area contributed by atoms with Gasteiger partial charge in [0.05, 0.1) is 36.3 Å². The maximum atomic E-state index is 5.79. The fourth-order valence-electron chi connectivity index (χ4n) is 3.87. The number of fused-ring (bicyclic) bond motifs is 4. The van der Waals surface area contributed by atoms with Crippen molar-refractivity contribution in [3.63, 3.8) is 0 Å². The number of nitrogens with one attached hydrogen (secondary N) is 1. The predicted octanol–water partition coefficient (Wildman–Crippen LogP) is 3.45. The third-order valence-corrected chi connectivity index (χ3v) is 5.23. The summed E-state index contributed by atoms with van der Waals surface area (Å²) in [5.41, 5.74) is 4.27. The van der Waals surface area contributed by atoms with E-state index in [1.54, 1.807) is 7.11 Å². The number of hydrogen-bond acceptors (Lipinski definition) is 5. The second kappa shape index (κ2) is 7.22. The number of rotatable bonds is 5. The normalized spacial score (nSPS) is 16.4. The molecule has 0 aliphatic carbocycles. The van der Waals surface area contributed by atoms with Crippen molar-refractivity contribution in [2.75, 3.05) is 20.3 Å². The summed E-state index contributed by atoms with van der Waals surface area (Å²) >= 11 is 0. The van der Waals surface area contributed by atoms with Gasteiger partial charge in [0.1, 0.15) is 18.2 Å². The van der Waals surface area contributed by atoms with Gasteiger partial charge < -0.3 is 19.4 Å². The van der Waals surface area contributed by atoms with Gasteiger partial charge in [-0.15, -0.1) is 0 Å². The van der Waals surface area contributed by atoms with Gasteiger partial charge in [0.15, 0.2) is 0 Å². The number of pyridine rings is 1. The molecule has 1 N–H and O–H groups in total. The molecule has 2 aromatic heterocycles. The molecule has 0 spiro atoms. The number of ether oxygens (including phenoxy) is 2. The van der Waals surface area contributed by atoms with Crippen molar-refractivity contribution in [3.05, 3.63) is 66.1 Å². The molecule has 28 heavy (non-hydrogen) atoms. The SMILES string of the molecule is COc1ccc2nc3n(c2c1)C(CNCc1cnc2ccccc2c1)COC3. The van der Waals surface area contributed by atoms with Crippen LogP contribution in [0.25, 0.3) is 21.9 Å². The fourth-order valence-corrected chi connectivity index (χ4v) is 3.87. The van der Waals surface area contributed by atoms with Crippen molar-refractivity contribution >= 4 is 21.9 Å². The van der Waals surface area contributed by atoms with Crippen LogP contribution in [-0.4, -0.2) is 34.8 Å². The average molecular weight is 374 g/mol. The Morgan fingerprint density at radius 1 is 1.18 bits per heavy atom. The van der Waals surface area contributed by atoms with Crippen molar-refractivity contribution in [3.8, 4) is 5.75 Å². The molecule has 4 aromatic rings. The molecule has 1 aliphatic rings. The van der Waals surface area contributed by atoms with E-state index < -0.39 is 0 Å². The van der Waals surface area contributed by atoms with Crippen LogP contribution in [0.3, 0.4) is 0 Å². The highest BCUT2D eigenvalue weighted by Crippen LogP contribution is 2.28. The van der Waals surface area contributed by atoms with Crippen LogP contribution in [0.1, 0.15) is 17.4 Å². The highest BCUT2D eigenvalue weighted by Gasteiger charge is 2.24. The van der Waals surface area contributed by atoms with Crippen LogP contribution in [0, 0.1) is 0 Å². The van der Waals surface area contributed by atoms with Crippen LogP contribution < -0.4 is 10.1 Å². The molecular formula is C22H22N4O2. The predicted molar refractivity (Wildman–Crippen MR) is 108 cm³/mol. The minimum Gasteiger partial charge on any atom is -0.497 e. The first-order valence-electron chi connectivity index (χ1n) is 9.49. The molecule has 0 saturated heterocycles. The summed E-state index contributed by atoms with van der Waals surface area (Å²) in [6, 6.07) is 16.6. The lowest BCUT2D eigenvalue weighted by molar-refractivity contribution is 0.0564. The first-order valence-corrected chi connectivity index (χ1v) is 9.49. The zero-order valence-corrected chi connectivity index (χ0v) is 15.8.